The van der Waals surface area contributed by atoms with Gasteiger partial charge in [0, 0.05) is 17.5 Å². The molecule has 2 nitrogen and oxygen atoms in total. The van der Waals surface area contributed by atoms with Gasteiger partial charge in [-0.15, -0.1) is 0 Å². The summed E-state index contributed by atoms with van der Waals surface area (Å²) in [6.45, 7) is 10.4. The van der Waals surface area contributed by atoms with Crippen LogP contribution in [-0.4, -0.2) is 9.78 Å². The van der Waals surface area contributed by atoms with Gasteiger partial charge in [-0.1, -0.05) is 80.1 Å². The zero-order valence-electron chi connectivity index (χ0n) is 15.9. The number of rotatable bonds is 6. The molecule has 0 N–H and O–H groups in total. The van der Waals surface area contributed by atoms with Crippen molar-refractivity contribution in [2.75, 3.05) is 0 Å². The molecule has 0 aliphatic carbocycles. The molecule has 0 fully saturated rings. The Morgan fingerprint density at radius 3 is 2.54 bits per heavy atom. The van der Waals surface area contributed by atoms with Gasteiger partial charge in [0.05, 0.1) is 6.20 Å². The summed E-state index contributed by atoms with van der Waals surface area (Å²) < 4.78 is 1.94. The Morgan fingerprint density at radius 2 is 1.88 bits per heavy atom. The SMILES string of the molecule is C=C/C(=C\n1ncc(-c2cccc(C)c2)c1C)c1ccc(CCC)cc1. The molecule has 2 aromatic carbocycles. The lowest BCUT2D eigenvalue weighted by atomic mass is 10.0. The van der Waals surface area contributed by atoms with E-state index in [4.69, 9.17) is 0 Å². The third kappa shape index (κ3) is 3.85. The Bertz CT molecular complexity index is 927. The van der Waals surface area contributed by atoms with E-state index in [1.54, 1.807) is 0 Å². The van der Waals surface area contributed by atoms with E-state index < -0.39 is 0 Å². The van der Waals surface area contributed by atoms with Gasteiger partial charge in [-0.2, -0.15) is 5.10 Å². The maximum absolute atomic E-state index is 4.57. The van der Waals surface area contributed by atoms with Crippen LogP contribution in [0.15, 0.2) is 67.4 Å². The second-order valence-electron chi connectivity index (χ2n) is 6.69. The fraction of sp³-hybridized carbons (Fsp3) is 0.208. The molecule has 0 saturated heterocycles. The number of hydrogen-bond acceptors (Lipinski definition) is 1. The zero-order valence-corrected chi connectivity index (χ0v) is 15.9. The molecule has 0 aliphatic rings. The van der Waals surface area contributed by atoms with Crippen molar-refractivity contribution in [1.29, 1.82) is 0 Å². The smallest absolute Gasteiger partial charge is 0.0575 e. The average molecular weight is 342 g/mol. The van der Waals surface area contributed by atoms with Crippen LogP contribution in [0.3, 0.4) is 0 Å². The van der Waals surface area contributed by atoms with Crippen molar-refractivity contribution < 1.29 is 0 Å². The van der Waals surface area contributed by atoms with Gasteiger partial charge in [0.25, 0.3) is 0 Å². The summed E-state index contributed by atoms with van der Waals surface area (Å²) in [5.74, 6) is 0. The fourth-order valence-corrected chi connectivity index (χ4v) is 3.18. The molecule has 132 valence electrons. The van der Waals surface area contributed by atoms with E-state index in [0.29, 0.717) is 0 Å². The molecular weight excluding hydrogens is 316 g/mol. The summed E-state index contributed by atoms with van der Waals surface area (Å²) in [6.07, 6.45) is 8.16. The molecule has 2 heteroatoms. The Balaban J connectivity index is 1.94. The zero-order chi connectivity index (χ0) is 18.5. The quantitative estimate of drug-likeness (QED) is 0.480. The normalized spacial score (nSPS) is 11.6. The maximum atomic E-state index is 4.57. The molecule has 0 aliphatic heterocycles. The molecule has 3 rings (SSSR count). The highest BCUT2D eigenvalue weighted by molar-refractivity contribution is 5.82. The first-order chi connectivity index (χ1) is 12.6. The molecule has 0 saturated carbocycles. The summed E-state index contributed by atoms with van der Waals surface area (Å²) in [4.78, 5) is 0. The fourth-order valence-electron chi connectivity index (χ4n) is 3.18. The summed E-state index contributed by atoms with van der Waals surface area (Å²) in [7, 11) is 0. The summed E-state index contributed by atoms with van der Waals surface area (Å²) in [5, 5.41) is 4.57. The molecule has 0 spiro atoms. The molecule has 0 bridgehead atoms. The lowest BCUT2D eigenvalue weighted by Gasteiger charge is -2.07. The lowest BCUT2D eigenvalue weighted by Crippen LogP contribution is -1.95. The van der Waals surface area contributed by atoms with Gasteiger partial charge >= 0.3 is 0 Å². The molecule has 3 aromatic rings. The molecule has 26 heavy (non-hydrogen) atoms. The largest absolute Gasteiger partial charge is 0.244 e. The van der Waals surface area contributed by atoms with Crippen molar-refractivity contribution in [3.05, 3.63) is 89.8 Å². The van der Waals surface area contributed by atoms with Crippen molar-refractivity contribution in [2.45, 2.75) is 33.6 Å². The van der Waals surface area contributed by atoms with E-state index >= 15 is 0 Å². The molecule has 1 aromatic heterocycles. The Morgan fingerprint density at radius 1 is 1.12 bits per heavy atom. The third-order valence-corrected chi connectivity index (χ3v) is 4.68. The molecule has 0 radical (unpaired) electrons. The van der Waals surface area contributed by atoms with E-state index in [1.165, 1.54) is 16.7 Å². The number of aryl methyl sites for hydroxylation is 2. The average Bonchev–Trinajstić information content (AvgIpc) is 3.01. The van der Waals surface area contributed by atoms with Crippen LogP contribution in [0.5, 0.6) is 0 Å². The van der Waals surface area contributed by atoms with Gasteiger partial charge in [0.15, 0.2) is 0 Å². The Hall–Kier alpha value is -2.87. The Labute approximate surface area is 156 Å². The minimum absolute atomic E-state index is 1.06. The second kappa shape index (κ2) is 8.01. The van der Waals surface area contributed by atoms with Crippen LogP contribution >= 0.6 is 0 Å². The molecule has 0 atom stereocenters. The number of hydrogen-bond donors (Lipinski definition) is 0. The van der Waals surface area contributed by atoms with Gasteiger partial charge in [-0.05, 0) is 42.5 Å². The summed E-state index contributed by atoms with van der Waals surface area (Å²) in [5.41, 5.74) is 8.33. The summed E-state index contributed by atoms with van der Waals surface area (Å²) in [6, 6.07) is 17.3. The van der Waals surface area contributed by atoms with Crippen LogP contribution in [0.25, 0.3) is 22.9 Å². The van der Waals surface area contributed by atoms with Gasteiger partial charge < -0.3 is 0 Å². The predicted molar refractivity (Wildman–Crippen MR) is 112 cm³/mol. The highest BCUT2D eigenvalue weighted by Crippen LogP contribution is 2.25. The lowest BCUT2D eigenvalue weighted by molar-refractivity contribution is 0.899. The van der Waals surface area contributed by atoms with E-state index in [9.17, 15) is 0 Å². The van der Waals surface area contributed by atoms with Crippen LogP contribution in [0.4, 0.5) is 0 Å². The highest BCUT2D eigenvalue weighted by Gasteiger charge is 2.08. The third-order valence-electron chi connectivity index (χ3n) is 4.68. The van der Waals surface area contributed by atoms with E-state index in [1.807, 2.05) is 17.0 Å². The second-order valence-corrected chi connectivity index (χ2v) is 6.69. The maximum Gasteiger partial charge on any atom is 0.0575 e. The predicted octanol–water partition coefficient (Wildman–Crippen LogP) is 6.30. The molecule has 0 amide bonds. The van der Waals surface area contributed by atoms with Crippen molar-refractivity contribution in [1.82, 2.24) is 9.78 Å². The number of nitrogens with zero attached hydrogens (tertiary/aromatic N) is 2. The van der Waals surface area contributed by atoms with Crippen LogP contribution in [0, 0.1) is 13.8 Å². The Kier molecular flexibility index (Phi) is 5.52. The first kappa shape index (κ1) is 17.9. The minimum atomic E-state index is 1.06. The number of aromatic nitrogens is 2. The van der Waals surface area contributed by atoms with Crippen LogP contribution in [0.1, 0.15) is 35.7 Å². The van der Waals surface area contributed by atoms with Crippen LogP contribution < -0.4 is 0 Å². The summed E-state index contributed by atoms with van der Waals surface area (Å²) >= 11 is 0. The van der Waals surface area contributed by atoms with Crippen LogP contribution in [-0.2, 0) is 6.42 Å². The highest BCUT2D eigenvalue weighted by atomic mass is 15.3. The monoisotopic (exact) mass is 342 g/mol. The minimum Gasteiger partial charge on any atom is -0.244 e. The van der Waals surface area contributed by atoms with Crippen molar-refractivity contribution in [2.24, 2.45) is 0 Å². The molecule has 0 unspecified atom stereocenters. The van der Waals surface area contributed by atoms with Gasteiger partial charge in [-0.25, -0.2) is 4.68 Å². The van der Waals surface area contributed by atoms with Crippen molar-refractivity contribution in [3.8, 4) is 11.1 Å². The number of allylic oxidation sites excluding steroid dienone is 2. The van der Waals surface area contributed by atoms with Gasteiger partial charge in [0.1, 0.15) is 0 Å². The molecule has 1 heterocycles. The van der Waals surface area contributed by atoms with Crippen LogP contribution in [0.2, 0.25) is 0 Å². The van der Waals surface area contributed by atoms with E-state index in [2.05, 4.69) is 87.2 Å². The topological polar surface area (TPSA) is 17.8 Å². The van der Waals surface area contributed by atoms with E-state index in [0.717, 1.165) is 35.2 Å². The van der Waals surface area contributed by atoms with Gasteiger partial charge in [-0.3, -0.25) is 0 Å². The van der Waals surface area contributed by atoms with Crippen molar-refractivity contribution in [3.63, 3.8) is 0 Å². The van der Waals surface area contributed by atoms with E-state index in [-0.39, 0.29) is 0 Å². The standard InChI is InChI=1S/C24H26N2/c1-5-8-20-11-13-22(14-12-20)21(6-2)17-26-19(4)24(16-25-26)23-10-7-9-18(3)15-23/h6-7,9-17H,2,5,8H2,1,3-4H3/b21-17+. The van der Waals surface area contributed by atoms with Gasteiger partial charge in [0.2, 0.25) is 0 Å². The first-order valence-electron chi connectivity index (χ1n) is 9.17. The van der Waals surface area contributed by atoms with Crippen molar-refractivity contribution >= 4 is 11.8 Å². The number of benzene rings is 2. The molecular formula is C24H26N2. The first-order valence-corrected chi connectivity index (χ1v) is 9.17.